The fraction of sp³-hybridized carbons (Fsp3) is 0.538. The molecule has 104 valence electrons. The molecule has 0 bridgehead atoms. The monoisotopic (exact) mass is 280 g/mol. The van der Waals surface area contributed by atoms with Crippen molar-refractivity contribution >= 4 is 17.3 Å². The fourth-order valence-corrected chi connectivity index (χ4v) is 2.56. The highest BCUT2D eigenvalue weighted by atomic mass is 32.1. The lowest BCUT2D eigenvalue weighted by molar-refractivity contribution is 0.190. The Morgan fingerprint density at radius 1 is 1.53 bits per heavy atom. The first-order valence-corrected chi connectivity index (χ1v) is 7.27. The third-order valence-electron chi connectivity index (χ3n) is 2.81. The Morgan fingerprint density at radius 2 is 2.37 bits per heavy atom. The van der Waals surface area contributed by atoms with Gasteiger partial charge in [-0.3, -0.25) is 0 Å². The van der Waals surface area contributed by atoms with E-state index in [1.54, 1.807) is 18.4 Å². The number of aromatic nitrogens is 3. The average Bonchev–Trinajstić information content (AvgIpc) is 3.00. The second kappa shape index (κ2) is 6.68. The van der Waals surface area contributed by atoms with Crippen molar-refractivity contribution in [2.24, 2.45) is 0 Å². The Hall–Kier alpha value is -1.40. The van der Waals surface area contributed by atoms with Crippen LogP contribution in [0.3, 0.4) is 0 Å². The molecule has 0 saturated carbocycles. The molecule has 0 amide bonds. The van der Waals surface area contributed by atoms with Crippen LogP contribution >= 0.6 is 11.3 Å². The van der Waals surface area contributed by atoms with Crippen LogP contribution in [0.25, 0.3) is 0 Å². The Morgan fingerprint density at radius 3 is 3.05 bits per heavy atom. The van der Waals surface area contributed by atoms with E-state index in [0.29, 0.717) is 0 Å². The summed E-state index contributed by atoms with van der Waals surface area (Å²) in [5.74, 6) is 0.899. The Bertz CT molecular complexity index is 495. The molecule has 5 nitrogen and oxygen atoms in total. The van der Waals surface area contributed by atoms with Gasteiger partial charge < -0.3 is 14.6 Å². The summed E-state index contributed by atoms with van der Waals surface area (Å²) in [6.07, 6.45) is 4.87. The number of thiazole rings is 1. The first kappa shape index (κ1) is 14.0. The zero-order valence-corrected chi connectivity index (χ0v) is 12.4. The third kappa shape index (κ3) is 3.78. The lowest BCUT2D eigenvalue weighted by Gasteiger charge is -2.13. The zero-order chi connectivity index (χ0) is 13.7. The quantitative estimate of drug-likeness (QED) is 0.792. The smallest absolute Gasteiger partial charge is 0.203 e. The summed E-state index contributed by atoms with van der Waals surface area (Å²) in [4.78, 5) is 8.85. The van der Waals surface area contributed by atoms with Crippen molar-refractivity contribution in [1.29, 1.82) is 0 Å². The van der Waals surface area contributed by atoms with Gasteiger partial charge in [0.05, 0.1) is 11.7 Å². The van der Waals surface area contributed by atoms with E-state index in [-0.39, 0.29) is 6.04 Å². The van der Waals surface area contributed by atoms with Crippen LogP contribution in [0.2, 0.25) is 0 Å². The lowest BCUT2D eigenvalue weighted by atomic mass is 10.3. The van der Waals surface area contributed by atoms with Crippen LogP contribution in [0, 0.1) is 6.92 Å². The predicted molar refractivity (Wildman–Crippen MR) is 77.6 cm³/mol. The highest BCUT2D eigenvalue weighted by Gasteiger charge is 2.12. The molecule has 2 aromatic rings. The highest BCUT2D eigenvalue weighted by Crippen LogP contribution is 2.20. The van der Waals surface area contributed by atoms with E-state index in [1.807, 2.05) is 18.5 Å². The van der Waals surface area contributed by atoms with Crippen LogP contribution < -0.4 is 5.32 Å². The number of methoxy groups -OCH3 is 1. The van der Waals surface area contributed by atoms with Gasteiger partial charge in [0.1, 0.15) is 5.01 Å². The van der Waals surface area contributed by atoms with Gasteiger partial charge in [-0.1, -0.05) is 0 Å². The molecule has 0 fully saturated rings. The minimum Gasteiger partial charge on any atom is -0.385 e. The van der Waals surface area contributed by atoms with Gasteiger partial charge in [-0.15, -0.1) is 11.3 Å². The largest absolute Gasteiger partial charge is 0.385 e. The number of ether oxygens (including phenoxy) is 1. The maximum atomic E-state index is 5.09. The second-order valence-corrected chi connectivity index (χ2v) is 5.41. The maximum Gasteiger partial charge on any atom is 0.203 e. The summed E-state index contributed by atoms with van der Waals surface area (Å²) >= 11 is 1.65. The van der Waals surface area contributed by atoms with Gasteiger partial charge in [0.2, 0.25) is 5.95 Å². The Kier molecular flexibility index (Phi) is 4.93. The molecule has 6 heteroatoms. The van der Waals surface area contributed by atoms with E-state index < -0.39 is 0 Å². The molecule has 0 aliphatic rings. The number of hydrogen-bond acceptors (Lipinski definition) is 5. The van der Waals surface area contributed by atoms with Gasteiger partial charge in [-0.25, -0.2) is 9.97 Å². The standard InChI is InChI=1S/C13H20N4OS/c1-10-9-17(6-4-7-18-3)13(15-10)16-11(2)12-14-5-8-19-12/h5,8-9,11H,4,6-7H2,1-3H3,(H,15,16). The van der Waals surface area contributed by atoms with E-state index in [4.69, 9.17) is 4.74 Å². The summed E-state index contributed by atoms with van der Waals surface area (Å²) in [6, 6.07) is 0.169. The fourth-order valence-electron chi connectivity index (χ4n) is 1.92. The van der Waals surface area contributed by atoms with Crippen molar-refractivity contribution in [2.75, 3.05) is 19.0 Å². The molecular formula is C13H20N4OS. The van der Waals surface area contributed by atoms with Crippen LogP contribution in [-0.4, -0.2) is 28.3 Å². The normalized spacial score (nSPS) is 12.6. The summed E-state index contributed by atoms with van der Waals surface area (Å²) < 4.78 is 7.23. The Labute approximate surface area is 117 Å². The average molecular weight is 280 g/mol. The van der Waals surface area contributed by atoms with Gasteiger partial charge in [-0.2, -0.15) is 0 Å². The number of aryl methyl sites for hydroxylation is 2. The van der Waals surface area contributed by atoms with Crippen LogP contribution in [0.15, 0.2) is 17.8 Å². The summed E-state index contributed by atoms with van der Waals surface area (Å²) in [5, 5.41) is 6.48. The van der Waals surface area contributed by atoms with Gasteiger partial charge in [0, 0.05) is 38.0 Å². The van der Waals surface area contributed by atoms with Crippen LogP contribution in [0.1, 0.15) is 30.1 Å². The maximum absolute atomic E-state index is 5.09. The molecule has 1 atom stereocenters. The molecule has 1 N–H and O–H groups in total. The minimum absolute atomic E-state index is 0.169. The second-order valence-electron chi connectivity index (χ2n) is 4.48. The summed E-state index contributed by atoms with van der Waals surface area (Å²) in [6.45, 7) is 5.77. The van der Waals surface area contributed by atoms with Gasteiger partial charge >= 0.3 is 0 Å². The first-order valence-electron chi connectivity index (χ1n) is 6.39. The van der Waals surface area contributed by atoms with Crippen molar-refractivity contribution in [3.8, 4) is 0 Å². The molecular weight excluding hydrogens is 260 g/mol. The molecule has 0 spiro atoms. The van der Waals surface area contributed by atoms with Crippen molar-refractivity contribution in [2.45, 2.75) is 32.9 Å². The highest BCUT2D eigenvalue weighted by molar-refractivity contribution is 7.09. The predicted octanol–water partition coefficient (Wildman–Crippen LogP) is 2.86. The topological polar surface area (TPSA) is 52.0 Å². The summed E-state index contributed by atoms with van der Waals surface area (Å²) in [5.41, 5.74) is 1.02. The number of nitrogens with one attached hydrogen (secondary N) is 1. The van der Waals surface area contributed by atoms with Crippen molar-refractivity contribution in [3.05, 3.63) is 28.5 Å². The molecule has 2 aromatic heterocycles. The van der Waals surface area contributed by atoms with E-state index in [9.17, 15) is 0 Å². The molecule has 19 heavy (non-hydrogen) atoms. The molecule has 2 rings (SSSR count). The van der Waals surface area contributed by atoms with Crippen LogP contribution in [0.5, 0.6) is 0 Å². The van der Waals surface area contributed by atoms with Crippen molar-refractivity contribution in [1.82, 2.24) is 14.5 Å². The number of anilines is 1. The van der Waals surface area contributed by atoms with E-state index in [2.05, 4.69) is 33.0 Å². The van der Waals surface area contributed by atoms with Crippen LogP contribution in [-0.2, 0) is 11.3 Å². The molecule has 2 heterocycles. The number of imidazole rings is 1. The molecule has 0 radical (unpaired) electrons. The number of nitrogens with zero attached hydrogens (tertiary/aromatic N) is 3. The lowest BCUT2D eigenvalue weighted by Crippen LogP contribution is -2.12. The van der Waals surface area contributed by atoms with E-state index in [1.165, 1.54) is 0 Å². The molecule has 0 saturated heterocycles. The SMILES string of the molecule is COCCCn1cc(C)nc1NC(C)c1nccs1. The number of hydrogen-bond donors (Lipinski definition) is 1. The molecule has 0 aliphatic heterocycles. The first-order chi connectivity index (χ1) is 9.20. The molecule has 0 aliphatic carbocycles. The van der Waals surface area contributed by atoms with E-state index in [0.717, 1.165) is 36.2 Å². The van der Waals surface area contributed by atoms with Gasteiger partial charge in [0.15, 0.2) is 0 Å². The number of rotatable bonds is 7. The summed E-state index contributed by atoms with van der Waals surface area (Å²) in [7, 11) is 1.73. The van der Waals surface area contributed by atoms with Crippen LogP contribution in [0.4, 0.5) is 5.95 Å². The van der Waals surface area contributed by atoms with E-state index >= 15 is 0 Å². The van der Waals surface area contributed by atoms with Gasteiger partial charge in [-0.05, 0) is 20.3 Å². The third-order valence-corrected chi connectivity index (χ3v) is 3.77. The molecule has 1 unspecified atom stereocenters. The van der Waals surface area contributed by atoms with Gasteiger partial charge in [0.25, 0.3) is 0 Å². The zero-order valence-electron chi connectivity index (χ0n) is 11.6. The van der Waals surface area contributed by atoms with Crippen molar-refractivity contribution < 1.29 is 4.74 Å². The Balaban J connectivity index is 2.02. The minimum atomic E-state index is 0.169. The molecule has 0 aromatic carbocycles. The van der Waals surface area contributed by atoms with Crippen molar-refractivity contribution in [3.63, 3.8) is 0 Å².